The second-order valence-corrected chi connectivity index (χ2v) is 4.51. The topological polar surface area (TPSA) is 124 Å². The van der Waals surface area contributed by atoms with Gasteiger partial charge in [0.15, 0.2) is 11.2 Å². The van der Waals surface area contributed by atoms with Gasteiger partial charge in [-0.3, -0.25) is 4.79 Å². The average molecular weight is 290 g/mol. The van der Waals surface area contributed by atoms with Crippen LogP contribution in [0.5, 0.6) is 0 Å². The lowest BCUT2D eigenvalue weighted by Crippen LogP contribution is -2.26. The van der Waals surface area contributed by atoms with E-state index in [4.69, 9.17) is 9.05 Å². The maximum Gasteiger partial charge on any atom is 0.357 e. The Morgan fingerprint density at radius 3 is 2.71 bits per heavy atom. The molecule has 3 aromatic rings. The van der Waals surface area contributed by atoms with E-state index in [2.05, 4.69) is 15.4 Å². The van der Waals surface area contributed by atoms with E-state index >= 15 is 0 Å². The van der Waals surface area contributed by atoms with E-state index in [9.17, 15) is 14.7 Å². The normalized spacial score (nSPS) is 11.1. The van der Waals surface area contributed by atoms with E-state index in [1.807, 2.05) is 0 Å². The number of hydrogen-bond acceptors (Lipinski definition) is 7. The number of carboxylic acids is 1. The number of aryl methyl sites for hydroxylation is 2. The molecule has 9 nitrogen and oxygen atoms in total. The first-order valence-electron chi connectivity index (χ1n) is 6.00. The summed E-state index contributed by atoms with van der Waals surface area (Å²) in [5.41, 5.74) is -0.450. The molecule has 21 heavy (non-hydrogen) atoms. The molecule has 0 aliphatic heterocycles. The molecule has 0 saturated carbocycles. The lowest BCUT2D eigenvalue weighted by Gasteiger charge is -2.03. The number of aromatic nitrogens is 4. The third-order valence-electron chi connectivity index (χ3n) is 2.95. The maximum atomic E-state index is 12.3. The fraction of sp³-hybridized carbons (Fsp3) is 0.250. The quantitative estimate of drug-likeness (QED) is 0.748. The van der Waals surface area contributed by atoms with Crippen molar-refractivity contribution in [1.29, 1.82) is 0 Å². The SMILES string of the molecule is Cc1cc(Cn2nc(C(=O)O)c3c(C)onc3c2=O)no1. The number of nitrogens with zero attached hydrogens (tertiary/aromatic N) is 4. The minimum atomic E-state index is -1.27. The zero-order valence-electron chi connectivity index (χ0n) is 11.2. The lowest BCUT2D eigenvalue weighted by molar-refractivity contribution is 0.0690. The van der Waals surface area contributed by atoms with E-state index in [0.29, 0.717) is 11.5 Å². The van der Waals surface area contributed by atoms with Crippen LogP contribution in [0.15, 0.2) is 19.9 Å². The summed E-state index contributed by atoms with van der Waals surface area (Å²) < 4.78 is 10.8. The first kappa shape index (κ1) is 13.0. The maximum absolute atomic E-state index is 12.3. The van der Waals surface area contributed by atoms with Crippen molar-refractivity contribution in [3.63, 3.8) is 0 Å². The fourth-order valence-electron chi connectivity index (χ4n) is 2.04. The molecule has 3 aromatic heterocycles. The largest absolute Gasteiger partial charge is 0.476 e. The van der Waals surface area contributed by atoms with Crippen LogP contribution in [0.25, 0.3) is 10.9 Å². The Morgan fingerprint density at radius 1 is 1.33 bits per heavy atom. The predicted octanol–water partition coefficient (Wildman–Crippen LogP) is 0.736. The summed E-state index contributed by atoms with van der Waals surface area (Å²) >= 11 is 0. The molecule has 0 radical (unpaired) electrons. The smallest absolute Gasteiger partial charge is 0.357 e. The zero-order valence-corrected chi connectivity index (χ0v) is 11.2. The number of rotatable bonds is 3. The van der Waals surface area contributed by atoms with Gasteiger partial charge in [-0.2, -0.15) is 5.10 Å². The van der Waals surface area contributed by atoms with Crippen molar-refractivity contribution < 1.29 is 18.9 Å². The molecular weight excluding hydrogens is 280 g/mol. The van der Waals surface area contributed by atoms with Gasteiger partial charge in [0.25, 0.3) is 5.56 Å². The minimum absolute atomic E-state index is 0.0156. The van der Waals surface area contributed by atoms with Gasteiger partial charge >= 0.3 is 5.97 Å². The summed E-state index contributed by atoms with van der Waals surface area (Å²) in [5, 5.41) is 20.6. The molecule has 108 valence electrons. The summed E-state index contributed by atoms with van der Waals surface area (Å²) in [5.74, 6) is -0.456. The molecule has 3 heterocycles. The molecule has 1 N–H and O–H groups in total. The van der Waals surface area contributed by atoms with Gasteiger partial charge in [-0.15, -0.1) is 0 Å². The Bertz CT molecular complexity index is 904. The van der Waals surface area contributed by atoms with Crippen LogP contribution >= 0.6 is 0 Å². The van der Waals surface area contributed by atoms with Crippen molar-refractivity contribution in [3.8, 4) is 0 Å². The number of aromatic carboxylic acids is 1. The molecule has 0 bridgehead atoms. The van der Waals surface area contributed by atoms with Crippen LogP contribution in [0.2, 0.25) is 0 Å². The Morgan fingerprint density at radius 2 is 2.10 bits per heavy atom. The molecule has 0 aromatic carbocycles. The average Bonchev–Trinajstić information content (AvgIpc) is 3.00. The molecule has 3 rings (SSSR count). The standard InChI is InChI=1S/C12H10N4O5/c1-5-3-7(14-20-5)4-16-11(17)9-8(6(2)21-15-9)10(13-16)12(18)19/h3H,4H2,1-2H3,(H,18,19). The summed E-state index contributed by atoms with van der Waals surface area (Å²) in [6.45, 7) is 3.21. The summed E-state index contributed by atoms with van der Waals surface area (Å²) in [4.78, 5) is 23.6. The minimum Gasteiger partial charge on any atom is -0.476 e. The van der Waals surface area contributed by atoms with E-state index < -0.39 is 11.5 Å². The Balaban J connectivity index is 2.21. The predicted molar refractivity (Wildman–Crippen MR) is 68.1 cm³/mol. The first-order chi connectivity index (χ1) is 9.97. The van der Waals surface area contributed by atoms with Crippen molar-refractivity contribution in [2.24, 2.45) is 0 Å². The van der Waals surface area contributed by atoms with Crippen molar-refractivity contribution in [2.75, 3.05) is 0 Å². The molecule has 0 aliphatic rings. The van der Waals surface area contributed by atoms with Crippen molar-refractivity contribution >= 4 is 16.9 Å². The Kier molecular flexibility index (Phi) is 2.82. The molecule has 0 fully saturated rings. The highest BCUT2D eigenvalue weighted by Gasteiger charge is 2.22. The van der Waals surface area contributed by atoms with Crippen molar-refractivity contribution in [1.82, 2.24) is 20.1 Å². The van der Waals surface area contributed by atoms with Gasteiger partial charge in [-0.05, 0) is 13.8 Å². The van der Waals surface area contributed by atoms with E-state index in [-0.39, 0.29) is 28.9 Å². The number of fused-ring (bicyclic) bond motifs is 1. The summed E-state index contributed by atoms with van der Waals surface area (Å²) in [6.07, 6.45) is 0. The molecule has 0 aliphatic carbocycles. The second-order valence-electron chi connectivity index (χ2n) is 4.51. The van der Waals surface area contributed by atoms with Gasteiger partial charge in [0.2, 0.25) is 0 Å². The monoisotopic (exact) mass is 290 g/mol. The molecule has 0 saturated heterocycles. The molecular formula is C12H10N4O5. The Hall–Kier alpha value is -2.97. The van der Waals surface area contributed by atoms with Crippen LogP contribution < -0.4 is 5.56 Å². The lowest BCUT2D eigenvalue weighted by atomic mass is 10.2. The molecule has 9 heteroatoms. The fourth-order valence-corrected chi connectivity index (χ4v) is 2.04. The number of carbonyl (C=O) groups is 1. The van der Waals surface area contributed by atoms with Crippen LogP contribution in [-0.4, -0.2) is 31.2 Å². The first-order valence-corrected chi connectivity index (χ1v) is 6.00. The Labute approximate surface area is 116 Å². The second kappa shape index (κ2) is 4.54. The number of hydrogen-bond donors (Lipinski definition) is 1. The molecule has 0 amide bonds. The van der Waals surface area contributed by atoms with E-state index in [1.54, 1.807) is 13.0 Å². The van der Waals surface area contributed by atoms with Crippen LogP contribution in [0.4, 0.5) is 0 Å². The van der Waals surface area contributed by atoms with Gasteiger partial charge in [0.05, 0.1) is 11.9 Å². The molecule has 0 spiro atoms. The van der Waals surface area contributed by atoms with E-state index in [0.717, 1.165) is 4.68 Å². The van der Waals surface area contributed by atoms with Gasteiger partial charge < -0.3 is 14.2 Å². The third-order valence-corrected chi connectivity index (χ3v) is 2.95. The van der Waals surface area contributed by atoms with Crippen molar-refractivity contribution in [3.05, 3.63) is 39.3 Å². The van der Waals surface area contributed by atoms with Gasteiger partial charge in [-0.1, -0.05) is 10.3 Å². The summed E-state index contributed by atoms with van der Waals surface area (Å²) in [6, 6.07) is 1.63. The highest BCUT2D eigenvalue weighted by atomic mass is 16.5. The van der Waals surface area contributed by atoms with Crippen LogP contribution in [0, 0.1) is 13.8 Å². The van der Waals surface area contributed by atoms with E-state index in [1.165, 1.54) is 6.92 Å². The van der Waals surface area contributed by atoms with Gasteiger partial charge in [-0.25, -0.2) is 9.48 Å². The third kappa shape index (κ3) is 2.08. The number of carboxylic acid groups (broad SMARTS) is 1. The van der Waals surface area contributed by atoms with Gasteiger partial charge in [0.1, 0.15) is 17.2 Å². The van der Waals surface area contributed by atoms with Crippen LogP contribution in [-0.2, 0) is 6.54 Å². The van der Waals surface area contributed by atoms with Crippen LogP contribution in [0.3, 0.4) is 0 Å². The highest BCUT2D eigenvalue weighted by molar-refractivity contribution is 6.00. The van der Waals surface area contributed by atoms with Gasteiger partial charge in [0, 0.05) is 6.07 Å². The zero-order chi connectivity index (χ0) is 15.1. The summed E-state index contributed by atoms with van der Waals surface area (Å²) in [7, 11) is 0. The molecule has 0 atom stereocenters. The van der Waals surface area contributed by atoms with Crippen molar-refractivity contribution in [2.45, 2.75) is 20.4 Å². The molecule has 0 unspecified atom stereocenters. The van der Waals surface area contributed by atoms with Crippen LogP contribution in [0.1, 0.15) is 27.7 Å². The highest BCUT2D eigenvalue weighted by Crippen LogP contribution is 2.17.